The lowest BCUT2D eigenvalue weighted by Gasteiger charge is -1.95. The van der Waals surface area contributed by atoms with Crippen LogP contribution >= 0.6 is 28.6 Å². The lowest BCUT2D eigenvalue weighted by Crippen LogP contribution is -1.91. The van der Waals surface area contributed by atoms with Crippen molar-refractivity contribution in [3.63, 3.8) is 0 Å². The molecule has 0 amide bonds. The maximum Gasteiger partial charge on any atom is 0.299 e. The second-order valence-corrected chi connectivity index (χ2v) is 3.08. The number of nitro groups is 1. The quantitative estimate of drug-likeness (QED) is 0.460. The Morgan fingerprint density at radius 3 is 2.64 bits per heavy atom. The van der Waals surface area contributed by atoms with Crippen LogP contribution in [0.15, 0.2) is 21.8 Å². The zero-order valence-corrected chi connectivity index (χ0v) is 7.67. The maximum atomic E-state index is 10.3. The van der Waals surface area contributed by atoms with Gasteiger partial charge in [0.15, 0.2) is 0 Å². The van der Waals surface area contributed by atoms with Gasteiger partial charge in [-0.25, -0.2) is 0 Å². The molecule has 0 bridgehead atoms. The molecule has 0 spiro atoms. The molecule has 0 aliphatic carbocycles. The first kappa shape index (κ1) is 8.48. The normalized spacial score (nSPS) is 9.64. The first-order valence-electron chi connectivity index (χ1n) is 2.60. The number of pyridine rings is 1. The number of hydrogen-bond donors (Lipinski definition) is 1. The molecule has 0 unspecified atom stereocenters. The van der Waals surface area contributed by atoms with E-state index in [1.165, 1.54) is 12.4 Å². The van der Waals surface area contributed by atoms with Gasteiger partial charge in [-0.05, 0) is 15.9 Å². The summed E-state index contributed by atoms with van der Waals surface area (Å²) in [7, 11) is 0. The molecule has 58 valence electrons. The second kappa shape index (κ2) is 3.19. The van der Waals surface area contributed by atoms with Gasteiger partial charge in [0.25, 0.3) is 5.69 Å². The lowest BCUT2D eigenvalue weighted by molar-refractivity contribution is -0.388. The fourth-order valence-corrected chi connectivity index (χ4v) is 1.50. The molecule has 4 nitrogen and oxygen atoms in total. The van der Waals surface area contributed by atoms with Gasteiger partial charge >= 0.3 is 0 Å². The minimum atomic E-state index is -0.506. The second-order valence-electron chi connectivity index (χ2n) is 1.75. The predicted octanol–water partition coefficient (Wildman–Crippen LogP) is 2.04. The van der Waals surface area contributed by atoms with E-state index in [2.05, 4.69) is 33.5 Å². The SMILES string of the molecule is O=[N+]([O-])c1c(S)cncc1Br. The van der Waals surface area contributed by atoms with Crippen molar-refractivity contribution in [1.82, 2.24) is 4.98 Å². The minimum Gasteiger partial charge on any atom is -0.262 e. The van der Waals surface area contributed by atoms with Crippen molar-refractivity contribution in [2.24, 2.45) is 0 Å². The molecule has 0 aromatic carbocycles. The van der Waals surface area contributed by atoms with Crippen molar-refractivity contribution in [1.29, 1.82) is 0 Å². The van der Waals surface area contributed by atoms with Gasteiger partial charge < -0.3 is 0 Å². The van der Waals surface area contributed by atoms with Crippen LogP contribution in [-0.2, 0) is 0 Å². The minimum absolute atomic E-state index is 0.0525. The molecular formula is C5H3BrN2O2S. The van der Waals surface area contributed by atoms with Crippen molar-refractivity contribution in [2.45, 2.75) is 4.90 Å². The van der Waals surface area contributed by atoms with E-state index in [1.54, 1.807) is 0 Å². The van der Waals surface area contributed by atoms with E-state index >= 15 is 0 Å². The zero-order valence-electron chi connectivity index (χ0n) is 5.19. The summed E-state index contributed by atoms with van der Waals surface area (Å²) < 4.78 is 0.343. The van der Waals surface area contributed by atoms with Gasteiger partial charge in [-0.3, -0.25) is 15.1 Å². The Morgan fingerprint density at radius 1 is 1.64 bits per heavy atom. The number of thiol groups is 1. The molecule has 1 aromatic heterocycles. The average Bonchev–Trinajstić information content (AvgIpc) is 1.85. The van der Waals surface area contributed by atoms with E-state index in [0.717, 1.165) is 0 Å². The van der Waals surface area contributed by atoms with E-state index < -0.39 is 4.92 Å². The van der Waals surface area contributed by atoms with Gasteiger partial charge in [0, 0.05) is 12.4 Å². The van der Waals surface area contributed by atoms with Crippen LogP contribution in [0.1, 0.15) is 0 Å². The third-order valence-corrected chi connectivity index (χ3v) is 1.94. The van der Waals surface area contributed by atoms with Crippen LogP contribution < -0.4 is 0 Å². The Morgan fingerprint density at radius 2 is 2.27 bits per heavy atom. The molecule has 1 aromatic rings. The summed E-state index contributed by atoms with van der Waals surface area (Å²) in [4.78, 5) is 13.8. The molecule has 0 fully saturated rings. The standard InChI is InChI=1S/C5H3BrN2O2S/c6-3-1-7-2-4(11)5(3)8(9)10/h1-2,11H. The summed E-state index contributed by atoms with van der Waals surface area (Å²) in [6.45, 7) is 0. The van der Waals surface area contributed by atoms with Gasteiger partial charge in [0.1, 0.15) is 9.37 Å². The van der Waals surface area contributed by atoms with Gasteiger partial charge in [0.05, 0.1) is 4.92 Å². The third kappa shape index (κ3) is 1.69. The molecule has 11 heavy (non-hydrogen) atoms. The Labute approximate surface area is 76.3 Å². The van der Waals surface area contributed by atoms with Crippen LogP contribution in [0.4, 0.5) is 5.69 Å². The van der Waals surface area contributed by atoms with E-state index in [4.69, 9.17) is 0 Å². The number of hydrogen-bond acceptors (Lipinski definition) is 4. The molecule has 0 atom stereocenters. The van der Waals surface area contributed by atoms with Crippen molar-refractivity contribution < 1.29 is 4.92 Å². The van der Waals surface area contributed by atoms with Crippen molar-refractivity contribution in [2.75, 3.05) is 0 Å². The fourth-order valence-electron chi connectivity index (χ4n) is 0.599. The van der Waals surface area contributed by atoms with Gasteiger partial charge in [-0.1, -0.05) is 0 Å². The summed E-state index contributed by atoms with van der Waals surface area (Å²) in [5.74, 6) is 0. The van der Waals surface area contributed by atoms with E-state index in [-0.39, 0.29) is 10.6 Å². The van der Waals surface area contributed by atoms with Crippen LogP contribution in [0.2, 0.25) is 0 Å². The first-order valence-corrected chi connectivity index (χ1v) is 3.84. The number of aromatic nitrogens is 1. The van der Waals surface area contributed by atoms with E-state index in [1.807, 2.05) is 0 Å². The highest BCUT2D eigenvalue weighted by Gasteiger charge is 2.15. The lowest BCUT2D eigenvalue weighted by atomic mass is 10.4. The fraction of sp³-hybridized carbons (Fsp3) is 0. The number of rotatable bonds is 1. The van der Waals surface area contributed by atoms with E-state index in [0.29, 0.717) is 4.47 Å². The predicted molar refractivity (Wildman–Crippen MR) is 45.8 cm³/mol. The van der Waals surface area contributed by atoms with Crippen molar-refractivity contribution >= 4 is 34.2 Å². The largest absolute Gasteiger partial charge is 0.299 e. The van der Waals surface area contributed by atoms with Gasteiger partial charge in [0.2, 0.25) is 0 Å². The molecular weight excluding hydrogens is 232 g/mol. The Bertz CT molecular complexity index is 284. The number of halogens is 1. The summed E-state index contributed by atoms with van der Waals surface area (Å²) in [5.41, 5.74) is -0.0525. The highest BCUT2D eigenvalue weighted by Crippen LogP contribution is 2.29. The van der Waals surface area contributed by atoms with Crippen LogP contribution in [-0.4, -0.2) is 9.91 Å². The summed E-state index contributed by atoms with van der Waals surface area (Å²) in [6.07, 6.45) is 2.68. The van der Waals surface area contributed by atoms with Crippen LogP contribution in [0.25, 0.3) is 0 Å². The Balaban J connectivity index is 3.32. The molecule has 0 radical (unpaired) electrons. The molecule has 0 saturated carbocycles. The topological polar surface area (TPSA) is 56.0 Å². The molecule has 0 saturated heterocycles. The average molecular weight is 235 g/mol. The molecule has 0 N–H and O–H groups in total. The van der Waals surface area contributed by atoms with Gasteiger partial charge in [-0.2, -0.15) is 0 Å². The molecule has 0 aliphatic heterocycles. The maximum absolute atomic E-state index is 10.3. The molecule has 1 heterocycles. The highest BCUT2D eigenvalue weighted by molar-refractivity contribution is 9.10. The molecule has 6 heteroatoms. The number of nitrogens with zero attached hydrogens (tertiary/aromatic N) is 2. The summed E-state index contributed by atoms with van der Waals surface area (Å²) in [5, 5.41) is 10.3. The summed E-state index contributed by atoms with van der Waals surface area (Å²) in [6, 6.07) is 0. The monoisotopic (exact) mass is 234 g/mol. The van der Waals surface area contributed by atoms with Gasteiger partial charge in [-0.15, -0.1) is 12.6 Å². The van der Waals surface area contributed by atoms with Crippen LogP contribution in [0.3, 0.4) is 0 Å². The zero-order chi connectivity index (χ0) is 8.43. The Hall–Kier alpha value is -0.620. The van der Waals surface area contributed by atoms with Crippen LogP contribution in [0, 0.1) is 10.1 Å². The van der Waals surface area contributed by atoms with Crippen molar-refractivity contribution in [3.8, 4) is 0 Å². The Kier molecular flexibility index (Phi) is 2.45. The van der Waals surface area contributed by atoms with Crippen LogP contribution in [0.5, 0.6) is 0 Å². The summed E-state index contributed by atoms with van der Waals surface area (Å²) >= 11 is 6.87. The molecule has 1 rings (SSSR count). The van der Waals surface area contributed by atoms with E-state index in [9.17, 15) is 10.1 Å². The highest BCUT2D eigenvalue weighted by atomic mass is 79.9. The third-order valence-electron chi connectivity index (χ3n) is 1.04. The van der Waals surface area contributed by atoms with Crippen molar-refractivity contribution in [3.05, 3.63) is 27.0 Å². The first-order chi connectivity index (χ1) is 5.13. The smallest absolute Gasteiger partial charge is 0.262 e. The molecule has 0 aliphatic rings.